The lowest BCUT2D eigenvalue weighted by Gasteiger charge is -2.12. The summed E-state index contributed by atoms with van der Waals surface area (Å²) in [4.78, 5) is 24.5. The number of nitrogens with two attached hydrogens (primary N) is 1. The molecule has 0 bridgehead atoms. The third kappa shape index (κ3) is 3.50. The minimum atomic E-state index is -0.250. The molecule has 3 aromatic heterocycles. The minimum Gasteiger partial charge on any atom is -0.492 e. The summed E-state index contributed by atoms with van der Waals surface area (Å²) in [6.07, 6.45) is 5.57. The number of amides is 1. The smallest absolute Gasteiger partial charge is 0.225 e. The molecule has 0 unspecified atom stereocenters. The van der Waals surface area contributed by atoms with Gasteiger partial charge in [-0.05, 0) is 38.3 Å². The first-order valence-corrected chi connectivity index (χ1v) is 8.87. The third-order valence-corrected chi connectivity index (χ3v) is 4.61. The average molecular weight is 368 g/mol. The van der Waals surface area contributed by atoms with Crippen molar-refractivity contribution in [1.29, 1.82) is 0 Å². The van der Waals surface area contributed by atoms with Crippen LogP contribution in [0, 0.1) is 5.92 Å². The van der Waals surface area contributed by atoms with Crippen LogP contribution >= 0.6 is 0 Å². The van der Waals surface area contributed by atoms with E-state index in [0.717, 1.165) is 12.8 Å². The van der Waals surface area contributed by atoms with Crippen LogP contribution in [0.25, 0.3) is 17.0 Å². The molecule has 1 aliphatic rings. The number of pyridine rings is 1. The van der Waals surface area contributed by atoms with Crippen molar-refractivity contribution in [3.8, 4) is 11.6 Å². The van der Waals surface area contributed by atoms with Crippen molar-refractivity contribution in [2.24, 2.45) is 11.7 Å². The Morgan fingerprint density at radius 1 is 1.33 bits per heavy atom. The van der Waals surface area contributed by atoms with Crippen LogP contribution in [0.5, 0.6) is 5.75 Å². The number of nitrogens with zero attached hydrogens (tertiary/aromatic N) is 6. The molecule has 0 aliphatic heterocycles. The molecule has 3 heterocycles. The number of carbonyl (C=O) groups excluding carboxylic acids is 1. The van der Waals surface area contributed by atoms with Crippen molar-refractivity contribution in [3.63, 3.8) is 0 Å². The average Bonchev–Trinajstić information content (AvgIpc) is 3.30. The van der Waals surface area contributed by atoms with Gasteiger partial charge in [-0.2, -0.15) is 9.67 Å². The lowest BCUT2D eigenvalue weighted by atomic mass is 10.1. The van der Waals surface area contributed by atoms with Crippen molar-refractivity contribution in [2.45, 2.75) is 32.2 Å². The summed E-state index contributed by atoms with van der Waals surface area (Å²) in [6, 6.07) is 3.73. The van der Waals surface area contributed by atoms with E-state index in [2.05, 4.69) is 30.6 Å². The van der Waals surface area contributed by atoms with Gasteiger partial charge in [0, 0.05) is 12.0 Å². The molecular formula is C17H20N8O2. The molecule has 10 nitrogen and oxygen atoms in total. The highest BCUT2D eigenvalue weighted by atomic mass is 16.5. The SMILES string of the molecule is CCOc1ccc(-n2nnc3cnc(N[C@@H]4CC[C@@H](C(N)=O)C4)nc32)nc1. The normalized spacial score (nSPS) is 19.3. The number of aromatic nitrogens is 6. The second-order valence-corrected chi connectivity index (χ2v) is 6.44. The molecule has 0 radical (unpaired) electrons. The molecule has 0 aromatic carbocycles. The molecule has 2 atom stereocenters. The maximum Gasteiger partial charge on any atom is 0.225 e. The molecule has 0 spiro atoms. The van der Waals surface area contributed by atoms with Gasteiger partial charge in [0.25, 0.3) is 0 Å². The summed E-state index contributed by atoms with van der Waals surface area (Å²) < 4.78 is 6.96. The largest absolute Gasteiger partial charge is 0.492 e. The van der Waals surface area contributed by atoms with Gasteiger partial charge >= 0.3 is 0 Å². The number of hydrogen-bond acceptors (Lipinski definition) is 8. The standard InChI is InChI=1S/C17H20N8O2/c1-2-27-12-5-6-14(19-8-12)25-16-13(23-24-25)9-20-17(22-16)21-11-4-3-10(7-11)15(18)26/h5-6,8-11H,2-4,7H2,1H3,(H2,18,26)(H,20,21,22)/t10-,11-/m1/s1. The summed E-state index contributed by atoms with van der Waals surface area (Å²) in [7, 11) is 0. The van der Waals surface area contributed by atoms with Crippen molar-refractivity contribution in [3.05, 3.63) is 24.5 Å². The highest BCUT2D eigenvalue weighted by Gasteiger charge is 2.28. The first-order chi connectivity index (χ1) is 13.1. The van der Waals surface area contributed by atoms with E-state index >= 15 is 0 Å². The predicted molar refractivity (Wildman–Crippen MR) is 97.4 cm³/mol. The maximum absolute atomic E-state index is 11.3. The number of ether oxygens (including phenoxy) is 1. The topological polar surface area (TPSA) is 134 Å². The van der Waals surface area contributed by atoms with Gasteiger partial charge in [-0.25, -0.2) is 9.97 Å². The summed E-state index contributed by atoms with van der Waals surface area (Å²) in [5, 5.41) is 11.5. The summed E-state index contributed by atoms with van der Waals surface area (Å²) in [6.45, 7) is 2.49. The van der Waals surface area contributed by atoms with Crippen molar-refractivity contribution < 1.29 is 9.53 Å². The molecule has 1 aliphatic carbocycles. The van der Waals surface area contributed by atoms with Gasteiger partial charge in [-0.3, -0.25) is 4.79 Å². The molecule has 3 N–H and O–H groups in total. The van der Waals surface area contributed by atoms with Crippen LogP contribution < -0.4 is 15.8 Å². The van der Waals surface area contributed by atoms with Crippen LogP contribution in [-0.2, 0) is 4.79 Å². The van der Waals surface area contributed by atoms with Gasteiger partial charge in [-0.1, -0.05) is 5.21 Å². The van der Waals surface area contributed by atoms with Crippen LogP contribution in [-0.4, -0.2) is 48.5 Å². The van der Waals surface area contributed by atoms with Crippen molar-refractivity contribution in [1.82, 2.24) is 29.9 Å². The zero-order valence-corrected chi connectivity index (χ0v) is 14.9. The number of anilines is 1. The van der Waals surface area contributed by atoms with Crippen LogP contribution in [0.15, 0.2) is 24.5 Å². The quantitative estimate of drug-likeness (QED) is 0.660. The number of hydrogen-bond donors (Lipinski definition) is 2. The van der Waals surface area contributed by atoms with E-state index in [-0.39, 0.29) is 17.9 Å². The van der Waals surface area contributed by atoms with Gasteiger partial charge in [-0.15, -0.1) is 5.10 Å². The number of nitrogens with one attached hydrogen (secondary N) is 1. The molecule has 1 fully saturated rings. The van der Waals surface area contributed by atoms with Crippen LogP contribution in [0.4, 0.5) is 5.95 Å². The number of primary amides is 1. The van der Waals surface area contributed by atoms with Crippen LogP contribution in [0.1, 0.15) is 26.2 Å². The third-order valence-electron chi connectivity index (χ3n) is 4.61. The number of rotatable bonds is 6. The zero-order chi connectivity index (χ0) is 18.8. The first kappa shape index (κ1) is 17.1. The fraction of sp³-hybridized carbons (Fsp3) is 0.412. The highest BCUT2D eigenvalue weighted by Crippen LogP contribution is 2.27. The molecule has 3 aromatic rings. The lowest BCUT2D eigenvalue weighted by molar-refractivity contribution is -0.121. The first-order valence-electron chi connectivity index (χ1n) is 8.87. The summed E-state index contributed by atoms with van der Waals surface area (Å²) >= 11 is 0. The highest BCUT2D eigenvalue weighted by molar-refractivity contribution is 5.77. The Morgan fingerprint density at radius 3 is 2.93 bits per heavy atom. The Morgan fingerprint density at radius 2 is 2.22 bits per heavy atom. The number of fused-ring (bicyclic) bond motifs is 1. The van der Waals surface area contributed by atoms with Gasteiger partial charge in [0.1, 0.15) is 5.75 Å². The van der Waals surface area contributed by atoms with E-state index in [0.29, 0.717) is 41.7 Å². The fourth-order valence-electron chi connectivity index (χ4n) is 3.26. The second-order valence-electron chi connectivity index (χ2n) is 6.44. The Kier molecular flexibility index (Phi) is 4.53. The zero-order valence-electron chi connectivity index (χ0n) is 14.9. The van der Waals surface area contributed by atoms with Crippen molar-refractivity contribution in [2.75, 3.05) is 11.9 Å². The molecule has 10 heteroatoms. The van der Waals surface area contributed by atoms with E-state index in [1.807, 2.05) is 13.0 Å². The molecule has 1 amide bonds. The Bertz CT molecular complexity index is 955. The molecule has 140 valence electrons. The van der Waals surface area contributed by atoms with Gasteiger partial charge in [0.15, 0.2) is 17.0 Å². The fourth-order valence-corrected chi connectivity index (χ4v) is 3.26. The van der Waals surface area contributed by atoms with Crippen molar-refractivity contribution >= 4 is 23.0 Å². The Hall–Kier alpha value is -3.30. The summed E-state index contributed by atoms with van der Waals surface area (Å²) in [5.41, 5.74) is 6.51. The second kappa shape index (κ2) is 7.14. The van der Waals surface area contributed by atoms with E-state index in [1.165, 1.54) is 0 Å². The molecule has 0 saturated heterocycles. The Balaban J connectivity index is 1.57. The molecule has 27 heavy (non-hydrogen) atoms. The van der Waals surface area contributed by atoms with Gasteiger partial charge < -0.3 is 15.8 Å². The molecule has 4 rings (SSSR count). The molecular weight excluding hydrogens is 348 g/mol. The van der Waals surface area contributed by atoms with E-state index in [4.69, 9.17) is 10.5 Å². The minimum absolute atomic E-state index is 0.0912. The van der Waals surface area contributed by atoms with Crippen LogP contribution in [0.3, 0.4) is 0 Å². The predicted octanol–water partition coefficient (Wildman–Crippen LogP) is 1.07. The van der Waals surface area contributed by atoms with Crippen LogP contribution in [0.2, 0.25) is 0 Å². The summed E-state index contributed by atoms with van der Waals surface area (Å²) in [5.74, 6) is 1.39. The lowest BCUT2D eigenvalue weighted by Crippen LogP contribution is -2.23. The van der Waals surface area contributed by atoms with E-state index < -0.39 is 0 Å². The van der Waals surface area contributed by atoms with E-state index in [9.17, 15) is 4.79 Å². The monoisotopic (exact) mass is 368 g/mol. The molecule has 1 saturated carbocycles. The van der Waals surface area contributed by atoms with Gasteiger partial charge in [0.2, 0.25) is 11.9 Å². The van der Waals surface area contributed by atoms with E-state index in [1.54, 1.807) is 23.1 Å². The Labute approximate surface area is 155 Å². The number of carbonyl (C=O) groups is 1. The maximum atomic E-state index is 11.3. The van der Waals surface area contributed by atoms with Gasteiger partial charge in [0.05, 0.1) is 19.0 Å².